The van der Waals surface area contributed by atoms with Crippen LogP contribution in [0.5, 0.6) is 23.0 Å². The zero-order valence-corrected chi connectivity index (χ0v) is 23.3. The van der Waals surface area contributed by atoms with Gasteiger partial charge in [0.1, 0.15) is 28.0 Å². The Kier molecular flexibility index (Phi) is 5.01. The van der Waals surface area contributed by atoms with Crippen molar-refractivity contribution in [2.45, 2.75) is 26.2 Å². The van der Waals surface area contributed by atoms with Gasteiger partial charge >= 0.3 is 0 Å². The predicted molar refractivity (Wildman–Crippen MR) is 165 cm³/mol. The van der Waals surface area contributed by atoms with Gasteiger partial charge < -0.3 is 9.47 Å². The van der Waals surface area contributed by atoms with Crippen LogP contribution in [0, 0.1) is 0 Å². The van der Waals surface area contributed by atoms with Crippen LogP contribution in [0.2, 0.25) is 0 Å². The molecule has 4 nitrogen and oxygen atoms in total. The van der Waals surface area contributed by atoms with Crippen LogP contribution in [0.1, 0.15) is 26.3 Å². The number of hydrogen-bond donors (Lipinski definition) is 0. The maximum atomic E-state index is 6.45. The summed E-state index contributed by atoms with van der Waals surface area (Å²) in [5.74, 6) is 3.41. The van der Waals surface area contributed by atoms with E-state index >= 15 is 0 Å². The number of pyridine rings is 1. The molecule has 0 spiro atoms. The number of ether oxygens (including phenoxy) is 2. The molecule has 40 heavy (non-hydrogen) atoms. The fourth-order valence-corrected chi connectivity index (χ4v) is 6.74. The maximum Gasteiger partial charge on any atom is 0.260 e. The van der Waals surface area contributed by atoms with Crippen molar-refractivity contribution in [1.82, 2.24) is 9.97 Å². The van der Waals surface area contributed by atoms with Gasteiger partial charge in [0, 0.05) is 17.2 Å². The van der Waals surface area contributed by atoms with Crippen molar-refractivity contribution in [2.24, 2.45) is 0 Å². The monoisotopic (exact) mass is 536 g/mol. The fraction of sp³-hybridized carbons (Fsp3) is 0.118. The zero-order valence-electron chi connectivity index (χ0n) is 22.4. The van der Waals surface area contributed by atoms with E-state index in [1.165, 1.54) is 10.3 Å². The van der Waals surface area contributed by atoms with Gasteiger partial charge in [0.15, 0.2) is 0 Å². The minimum Gasteiger partial charge on any atom is -0.458 e. The summed E-state index contributed by atoms with van der Waals surface area (Å²) in [4.78, 5) is 9.67. The minimum atomic E-state index is -0.0289. The Hall–Kier alpha value is -4.42. The first kappa shape index (κ1) is 23.5. The van der Waals surface area contributed by atoms with E-state index in [1.807, 2.05) is 30.5 Å². The molecular weight excluding hydrogens is 511 g/mol. The summed E-state index contributed by atoms with van der Waals surface area (Å²) >= 11 is 1.72. The molecule has 2 aliphatic rings. The lowest BCUT2D eigenvalue weighted by Crippen LogP contribution is -2.57. The van der Waals surface area contributed by atoms with Crippen LogP contribution in [0.25, 0.3) is 32.0 Å². The lowest BCUT2D eigenvalue weighted by molar-refractivity contribution is 0.464. The van der Waals surface area contributed by atoms with Crippen LogP contribution in [0.15, 0.2) is 97.2 Å². The highest BCUT2D eigenvalue weighted by Crippen LogP contribution is 2.37. The van der Waals surface area contributed by atoms with Gasteiger partial charge in [0.2, 0.25) is 0 Å². The fourth-order valence-electron chi connectivity index (χ4n) is 5.78. The molecule has 0 N–H and O–H groups in total. The quantitative estimate of drug-likeness (QED) is 0.222. The molecule has 0 saturated carbocycles. The maximum absolute atomic E-state index is 6.45. The Bertz CT molecular complexity index is 1930. The third-order valence-electron chi connectivity index (χ3n) is 7.86. The molecule has 0 fully saturated rings. The number of aromatic nitrogens is 2. The van der Waals surface area contributed by atoms with Crippen LogP contribution in [0.3, 0.4) is 0 Å². The number of para-hydroxylation sites is 1. The zero-order chi connectivity index (χ0) is 27.0. The van der Waals surface area contributed by atoms with Crippen molar-refractivity contribution >= 4 is 44.7 Å². The van der Waals surface area contributed by atoms with Crippen LogP contribution < -0.4 is 25.9 Å². The van der Waals surface area contributed by atoms with Gasteiger partial charge in [0.05, 0.1) is 15.9 Å². The molecule has 2 aliphatic heterocycles. The van der Waals surface area contributed by atoms with Gasteiger partial charge in [-0.1, -0.05) is 51.1 Å². The number of benzene rings is 4. The van der Waals surface area contributed by atoms with E-state index in [0.29, 0.717) is 0 Å². The van der Waals surface area contributed by atoms with Crippen LogP contribution >= 0.6 is 11.3 Å². The molecule has 0 aliphatic carbocycles. The average Bonchev–Trinajstić information content (AvgIpc) is 3.41. The first-order valence-electron chi connectivity index (χ1n) is 13.5. The highest BCUT2D eigenvalue weighted by molar-refractivity contribution is 7.21. The molecule has 0 bridgehead atoms. The molecule has 0 saturated heterocycles. The summed E-state index contributed by atoms with van der Waals surface area (Å²) in [6.07, 6.45) is 1.91. The highest BCUT2D eigenvalue weighted by Gasteiger charge is 2.40. The first-order valence-corrected chi connectivity index (χ1v) is 14.3. The molecule has 0 radical (unpaired) electrons. The largest absolute Gasteiger partial charge is 0.458 e. The van der Waals surface area contributed by atoms with Gasteiger partial charge in [0.25, 0.3) is 6.71 Å². The van der Waals surface area contributed by atoms with Crippen LogP contribution in [-0.4, -0.2) is 16.7 Å². The second-order valence-corrected chi connectivity index (χ2v) is 12.5. The summed E-state index contributed by atoms with van der Waals surface area (Å²) in [6, 6.07) is 31.5. The second-order valence-electron chi connectivity index (χ2n) is 11.5. The van der Waals surface area contributed by atoms with Crippen molar-refractivity contribution in [2.75, 3.05) is 0 Å². The third kappa shape index (κ3) is 3.67. The number of hydrogen-bond acceptors (Lipinski definition) is 5. The lowest BCUT2D eigenvalue weighted by Gasteiger charge is -2.33. The summed E-state index contributed by atoms with van der Waals surface area (Å²) in [6.45, 7) is 6.66. The van der Waals surface area contributed by atoms with Crippen LogP contribution in [-0.2, 0) is 5.41 Å². The van der Waals surface area contributed by atoms with Crippen molar-refractivity contribution in [3.63, 3.8) is 0 Å². The van der Waals surface area contributed by atoms with E-state index in [9.17, 15) is 0 Å². The number of thiazole rings is 1. The first-order chi connectivity index (χ1) is 19.4. The summed E-state index contributed by atoms with van der Waals surface area (Å²) in [7, 11) is 0. The van der Waals surface area contributed by atoms with E-state index < -0.39 is 0 Å². The normalized spacial score (nSPS) is 13.2. The summed E-state index contributed by atoms with van der Waals surface area (Å²) < 4.78 is 14.1. The SMILES string of the molecule is CC(C)(C)c1ccnc(-c2ccc3c(c2)B2c4cc(-c5nc6ccccc6s5)ccc4Oc4cccc(c42)O3)c1. The van der Waals surface area contributed by atoms with Gasteiger partial charge in [-0.15, -0.1) is 11.3 Å². The Morgan fingerprint density at radius 3 is 2.12 bits per heavy atom. The Morgan fingerprint density at radius 2 is 1.40 bits per heavy atom. The molecule has 6 aromatic rings. The second kappa shape index (κ2) is 8.54. The molecule has 8 rings (SSSR count). The summed E-state index contributed by atoms with van der Waals surface area (Å²) in [5, 5.41) is 1.01. The van der Waals surface area contributed by atoms with Gasteiger partial charge in [-0.05, 0) is 88.1 Å². The van der Waals surface area contributed by atoms with Crippen molar-refractivity contribution in [1.29, 1.82) is 0 Å². The Balaban J connectivity index is 1.30. The smallest absolute Gasteiger partial charge is 0.260 e. The number of nitrogens with zero attached hydrogens (tertiary/aromatic N) is 2. The molecule has 192 valence electrons. The standard InChI is InChI=1S/C34H25BN2O2S/c1-34(2,3)22-15-16-36-26(19-22)20-11-13-27-23(17-20)35-24-18-21(33-37-25-7-4-5-10-31(25)40-33)12-14-28(24)39-30-9-6-8-29(38-27)32(30)35/h4-19H,1-3H3. The van der Waals surface area contributed by atoms with E-state index in [1.54, 1.807) is 11.3 Å². The number of fused-ring (bicyclic) bond motifs is 5. The van der Waals surface area contributed by atoms with Gasteiger partial charge in [-0.3, -0.25) is 4.98 Å². The molecule has 2 aromatic heterocycles. The lowest BCUT2D eigenvalue weighted by atomic mass is 9.34. The van der Waals surface area contributed by atoms with E-state index in [-0.39, 0.29) is 12.1 Å². The van der Waals surface area contributed by atoms with Gasteiger partial charge in [-0.25, -0.2) is 4.98 Å². The van der Waals surface area contributed by atoms with Crippen LogP contribution in [0.4, 0.5) is 0 Å². The Morgan fingerprint density at radius 1 is 0.700 bits per heavy atom. The molecular formula is C34H25BN2O2S. The summed E-state index contributed by atoms with van der Waals surface area (Å²) in [5.41, 5.74) is 8.76. The molecule has 0 unspecified atom stereocenters. The molecule has 0 atom stereocenters. The van der Waals surface area contributed by atoms with Crippen molar-refractivity contribution < 1.29 is 9.47 Å². The van der Waals surface area contributed by atoms with E-state index in [2.05, 4.69) is 87.5 Å². The number of rotatable bonds is 2. The Labute approximate surface area is 237 Å². The van der Waals surface area contributed by atoms with Crippen molar-refractivity contribution in [3.8, 4) is 44.8 Å². The molecule has 0 amide bonds. The van der Waals surface area contributed by atoms with Gasteiger partial charge in [-0.2, -0.15) is 0 Å². The van der Waals surface area contributed by atoms with E-state index in [4.69, 9.17) is 19.4 Å². The predicted octanol–water partition coefficient (Wildman–Crippen LogP) is 7.05. The average molecular weight is 536 g/mol. The molecule has 4 aromatic carbocycles. The molecule has 4 heterocycles. The van der Waals surface area contributed by atoms with E-state index in [0.717, 1.165) is 66.7 Å². The molecule has 6 heteroatoms. The van der Waals surface area contributed by atoms with Crippen molar-refractivity contribution in [3.05, 3.63) is 103 Å². The topological polar surface area (TPSA) is 44.2 Å². The third-order valence-corrected chi connectivity index (χ3v) is 8.94. The minimum absolute atomic E-state index is 0.0289. The highest BCUT2D eigenvalue weighted by atomic mass is 32.1.